The van der Waals surface area contributed by atoms with Crippen LogP contribution in [0.3, 0.4) is 0 Å². The summed E-state index contributed by atoms with van der Waals surface area (Å²) in [6.45, 7) is 1.69. The van der Waals surface area contributed by atoms with Gasteiger partial charge in [-0.1, -0.05) is 6.07 Å². The van der Waals surface area contributed by atoms with Gasteiger partial charge in [0.2, 0.25) is 5.91 Å². The van der Waals surface area contributed by atoms with Crippen LogP contribution in [0.4, 0.5) is 0 Å². The summed E-state index contributed by atoms with van der Waals surface area (Å²) in [4.78, 5) is 37.4. The van der Waals surface area contributed by atoms with E-state index >= 15 is 0 Å². The van der Waals surface area contributed by atoms with Crippen molar-refractivity contribution >= 4 is 5.91 Å². The van der Waals surface area contributed by atoms with E-state index in [0.717, 1.165) is 6.42 Å². The molecule has 24 heavy (non-hydrogen) atoms. The van der Waals surface area contributed by atoms with Crippen LogP contribution in [-0.4, -0.2) is 52.6 Å². The zero-order valence-corrected chi connectivity index (χ0v) is 13.6. The number of amides is 1. The van der Waals surface area contributed by atoms with Gasteiger partial charge in [0.1, 0.15) is 5.69 Å². The van der Waals surface area contributed by atoms with Crippen molar-refractivity contribution in [1.82, 2.24) is 19.9 Å². The van der Waals surface area contributed by atoms with Gasteiger partial charge in [-0.05, 0) is 18.6 Å². The number of pyridine rings is 1. The quantitative estimate of drug-likeness (QED) is 0.890. The molecule has 1 aliphatic rings. The molecule has 1 aliphatic heterocycles. The number of carbonyl (C=O) groups is 1. The number of hydrogen-bond donors (Lipinski definition) is 1. The van der Waals surface area contributed by atoms with Crippen LogP contribution in [0.5, 0.6) is 0 Å². The van der Waals surface area contributed by atoms with Gasteiger partial charge in [0.25, 0.3) is 5.56 Å². The first-order chi connectivity index (χ1) is 11.7. The number of aromatic amines is 1. The van der Waals surface area contributed by atoms with Crippen molar-refractivity contribution in [2.24, 2.45) is 0 Å². The van der Waals surface area contributed by atoms with Gasteiger partial charge < -0.3 is 14.6 Å². The molecule has 1 saturated heterocycles. The van der Waals surface area contributed by atoms with E-state index in [1.54, 1.807) is 19.4 Å². The van der Waals surface area contributed by atoms with Crippen LogP contribution in [0, 0.1) is 0 Å². The number of carbonyl (C=O) groups excluding carboxylic acids is 1. The number of ether oxygens (including phenoxy) is 1. The Balaban J connectivity index is 1.77. The lowest BCUT2D eigenvalue weighted by molar-refractivity contribution is -0.131. The average Bonchev–Trinajstić information content (AvgIpc) is 3.10. The largest absolute Gasteiger partial charge is 0.384 e. The van der Waals surface area contributed by atoms with Gasteiger partial charge in [0.05, 0.1) is 18.7 Å². The minimum absolute atomic E-state index is 0.0706. The molecule has 1 fully saturated rings. The predicted octanol–water partition coefficient (Wildman–Crippen LogP) is 1.18. The topological polar surface area (TPSA) is 88.2 Å². The summed E-state index contributed by atoms with van der Waals surface area (Å²) >= 11 is 0. The number of nitrogens with zero attached hydrogens (tertiary/aromatic N) is 3. The Labute approximate surface area is 139 Å². The minimum Gasteiger partial charge on any atom is -0.384 e. The first-order valence-electron chi connectivity index (χ1n) is 7.97. The van der Waals surface area contributed by atoms with E-state index in [4.69, 9.17) is 4.74 Å². The average molecular weight is 328 g/mol. The molecule has 2 aromatic rings. The zero-order valence-electron chi connectivity index (χ0n) is 13.6. The summed E-state index contributed by atoms with van der Waals surface area (Å²) in [6.07, 6.45) is 2.84. The van der Waals surface area contributed by atoms with Crippen molar-refractivity contribution in [3.63, 3.8) is 0 Å². The zero-order chi connectivity index (χ0) is 16.9. The first-order valence-corrected chi connectivity index (χ1v) is 7.97. The maximum Gasteiger partial charge on any atom is 0.251 e. The minimum atomic E-state index is -0.204. The highest BCUT2D eigenvalue weighted by molar-refractivity contribution is 5.76. The molecule has 3 rings (SSSR count). The number of rotatable bonds is 5. The molecule has 1 amide bonds. The molecule has 1 N–H and O–H groups in total. The monoisotopic (exact) mass is 328 g/mol. The van der Waals surface area contributed by atoms with Gasteiger partial charge >= 0.3 is 0 Å². The lowest BCUT2D eigenvalue weighted by atomic mass is 10.0. The van der Waals surface area contributed by atoms with Gasteiger partial charge in [-0.15, -0.1) is 0 Å². The van der Waals surface area contributed by atoms with E-state index < -0.39 is 0 Å². The smallest absolute Gasteiger partial charge is 0.251 e. The van der Waals surface area contributed by atoms with Crippen LogP contribution in [0.1, 0.15) is 24.5 Å². The number of hydrogen-bond acceptors (Lipinski definition) is 5. The molecule has 126 valence electrons. The van der Waals surface area contributed by atoms with E-state index in [9.17, 15) is 9.59 Å². The number of aromatic nitrogens is 3. The number of nitrogens with one attached hydrogen (secondary N) is 1. The summed E-state index contributed by atoms with van der Waals surface area (Å²) in [5.74, 6) is 0.609. The third-order valence-corrected chi connectivity index (χ3v) is 4.15. The third-order valence-electron chi connectivity index (χ3n) is 4.15. The predicted molar refractivity (Wildman–Crippen MR) is 88.5 cm³/mol. The van der Waals surface area contributed by atoms with E-state index in [1.807, 2.05) is 17.0 Å². The highest BCUT2D eigenvalue weighted by Gasteiger charge is 2.28. The molecule has 0 saturated carbocycles. The molecule has 0 radical (unpaired) electrons. The van der Waals surface area contributed by atoms with Crippen LogP contribution in [-0.2, 0) is 9.53 Å². The van der Waals surface area contributed by atoms with Gasteiger partial charge in [-0.2, -0.15) is 0 Å². The van der Waals surface area contributed by atoms with Crippen molar-refractivity contribution in [1.29, 1.82) is 0 Å². The summed E-state index contributed by atoms with van der Waals surface area (Å²) < 4.78 is 4.95. The lowest BCUT2D eigenvalue weighted by Crippen LogP contribution is -2.29. The molecule has 7 nitrogen and oxygen atoms in total. The Hall–Kier alpha value is -2.54. The standard InChI is InChI=1S/C17H20N4O3/c1-24-9-6-16(23)21-8-5-12(11-21)14-10-15(22)20-17(19-14)13-4-2-3-7-18-13/h2-4,7,10,12H,5-6,8-9,11H2,1H3,(H,19,20,22). The van der Waals surface area contributed by atoms with Crippen molar-refractivity contribution in [2.75, 3.05) is 26.8 Å². The second-order valence-electron chi connectivity index (χ2n) is 5.80. The normalized spacial score (nSPS) is 17.2. The molecule has 1 atom stereocenters. The first kappa shape index (κ1) is 16.3. The van der Waals surface area contributed by atoms with Gasteiger partial charge in [0.15, 0.2) is 5.82 Å². The molecule has 7 heteroatoms. The Kier molecular flexibility index (Phi) is 5.00. The number of H-pyrrole nitrogens is 1. The fourth-order valence-corrected chi connectivity index (χ4v) is 2.89. The molecule has 3 heterocycles. The van der Waals surface area contributed by atoms with Crippen LogP contribution < -0.4 is 5.56 Å². The van der Waals surface area contributed by atoms with Crippen LogP contribution in [0.15, 0.2) is 35.3 Å². The van der Waals surface area contributed by atoms with Crippen molar-refractivity contribution in [2.45, 2.75) is 18.8 Å². The summed E-state index contributed by atoms with van der Waals surface area (Å²) in [5, 5.41) is 0. The molecular formula is C17H20N4O3. The Bertz CT molecular complexity index is 760. The third kappa shape index (κ3) is 3.68. The second kappa shape index (κ2) is 7.35. The second-order valence-corrected chi connectivity index (χ2v) is 5.80. The molecule has 0 aliphatic carbocycles. The van der Waals surface area contributed by atoms with Crippen molar-refractivity contribution in [3.05, 3.63) is 46.5 Å². The molecule has 0 aromatic carbocycles. The maximum absolute atomic E-state index is 12.1. The molecule has 0 bridgehead atoms. The molecule has 0 spiro atoms. The fraction of sp³-hybridized carbons (Fsp3) is 0.412. The van der Waals surface area contributed by atoms with Crippen molar-refractivity contribution in [3.8, 4) is 11.5 Å². The van der Waals surface area contributed by atoms with Crippen LogP contribution in [0.25, 0.3) is 11.5 Å². The van der Waals surface area contributed by atoms with Crippen LogP contribution in [0.2, 0.25) is 0 Å². The van der Waals surface area contributed by atoms with Gasteiger partial charge in [0, 0.05) is 38.4 Å². The molecular weight excluding hydrogens is 308 g/mol. The number of methoxy groups -OCH3 is 1. The van der Waals surface area contributed by atoms with Crippen LogP contribution >= 0.6 is 0 Å². The van der Waals surface area contributed by atoms with E-state index in [0.29, 0.717) is 43.3 Å². The summed E-state index contributed by atoms with van der Waals surface area (Å²) in [6, 6.07) is 6.98. The Morgan fingerprint density at radius 2 is 2.33 bits per heavy atom. The Morgan fingerprint density at radius 3 is 3.08 bits per heavy atom. The SMILES string of the molecule is COCCC(=O)N1CCC(c2cc(=O)[nH]c(-c3ccccn3)n2)C1. The summed E-state index contributed by atoms with van der Waals surface area (Å²) in [5.41, 5.74) is 1.13. The summed E-state index contributed by atoms with van der Waals surface area (Å²) in [7, 11) is 1.58. The van der Waals surface area contributed by atoms with Crippen molar-refractivity contribution < 1.29 is 9.53 Å². The Morgan fingerprint density at radius 1 is 1.46 bits per heavy atom. The highest BCUT2D eigenvalue weighted by atomic mass is 16.5. The van der Waals surface area contributed by atoms with Gasteiger partial charge in [-0.25, -0.2) is 4.98 Å². The van der Waals surface area contributed by atoms with E-state index in [-0.39, 0.29) is 17.4 Å². The van der Waals surface area contributed by atoms with Gasteiger partial charge in [-0.3, -0.25) is 14.6 Å². The molecule has 1 unspecified atom stereocenters. The maximum atomic E-state index is 12.1. The van der Waals surface area contributed by atoms with E-state index in [2.05, 4.69) is 15.0 Å². The highest BCUT2D eigenvalue weighted by Crippen LogP contribution is 2.26. The van der Waals surface area contributed by atoms with E-state index in [1.165, 1.54) is 6.07 Å². The number of likely N-dealkylation sites (tertiary alicyclic amines) is 1. The fourth-order valence-electron chi connectivity index (χ4n) is 2.89. The lowest BCUT2D eigenvalue weighted by Gasteiger charge is -2.16. The molecule has 2 aromatic heterocycles.